The maximum absolute atomic E-state index is 12.2. The van der Waals surface area contributed by atoms with Crippen LogP contribution in [0.1, 0.15) is 18.4 Å². The van der Waals surface area contributed by atoms with Gasteiger partial charge in [-0.3, -0.25) is 4.21 Å². The number of hydrogen-bond acceptors (Lipinski definition) is 2. The molecule has 0 saturated heterocycles. The van der Waals surface area contributed by atoms with Crippen molar-refractivity contribution in [1.82, 2.24) is 0 Å². The minimum Gasteiger partial charge on any atom is -0.398 e. The molecule has 2 rings (SSSR count). The van der Waals surface area contributed by atoms with Crippen LogP contribution in [0, 0.1) is 0 Å². The zero-order valence-corrected chi connectivity index (χ0v) is 12.8. The van der Waals surface area contributed by atoms with Gasteiger partial charge in [0.15, 0.2) is 0 Å². The van der Waals surface area contributed by atoms with Crippen LogP contribution >= 0.6 is 11.6 Å². The third-order valence-corrected chi connectivity index (χ3v) is 4.86. The molecule has 2 N–H and O–H groups in total. The number of nitrogens with two attached hydrogens (primary N) is 1. The van der Waals surface area contributed by atoms with Crippen LogP contribution in [0.4, 0.5) is 5.69 Å². The molecule has 0 aliphatic rings. The van der Waals surface area contributed by atoms with Crippen molar-refractivity contribution in [2.45, 2.75) is 24.2 Å². The molecule has 1 unspecified atom stereocenters. The van der Waals surface area contributed by atoms with Gasteiger partial charge >= 0.3 is 0 Å². The van der Waals surface area contributed by atoms with Crippen LogP contribution in [0.15, 0.2) is 53.4 Å². The Kier molecular flexibility index (Phi) is 5.62. The molecule has 2 aromatic rings. The molecular weight excluding hydrogens is 290 g/mol. The van der Waals surface area contributed by atoms with E-state index in [9.17, 15) is 4.21 Å². The molecule has 0 heterocycles. The first kappa shape index (κ1) is 15.1. The van der Waals surface area contributed by atoms with Gasteiger partial charge in [-0.2, -0.15) is 0 Å². The quantitative estimate of drug-likeness (QED) is 0.646. The summed E-state index contributed by atoms with van der Waals surface area (Å²) < 4.78 is 12.2. The summed E-state index contributed by atoms with van der Waals surface area (Å²) in [5.74, 6) is 0.638. The van der Waals surface area contributed by atoms with Gasteiger partial charge < -0.3 is 5.73 Å². The van der Waals surface area contributed by atoms with Crippen molar-refractivity contribution in [3.05, 3.63) is 59.1 Å². The monoisotopic (exact) mass is 307 g/mol. The predicted octanol–water partition coefficient (Wildman–Crippen LogP) is 4.05. The maximum Gasteiger partial charge on any atom is 0.0618 e. The highest BCUT2D eigenvalue weighted by Crippen LogP contribution is 2.21. The second-order valence-corrected chi connectivity index (χ2v) is 6.65. The Balaban J connectivity index is 1.80. The summed E-state index contributed by atoms with van der Waals surface area (Å²) in [7, 11) is -1.04. The average molecular weight is 308 g/mol. The predicted molar refractivity (Wildman–Crippen MR) is 86.5 cm³/mol. The van der Waals surface area contributed by atoms with Gasteiger partial charge in [-0.05, 0) is 43.0 Å². The number of nitrogen functional groups attached to an aromatic ring is 1. The first-order valence-corrected chi connectivity index (χ1v) is 8.34. The molecule has 106 valence electrons. The van der Waals surface area contributed by atoms with E-state index in [2.05, 4.69) is 12.1 Å². The van der Waals surface area contributed by atoms with E-state index in [1.165, 1.54) is 5.56 Å². The Bertz CT molecular complexity index is 586. The fourth-order valence-electron chi connectivity index (χ4n) is 2.04. The molecular formula is C16H18ClNOS. The summed E-state index contributed by atoms with van der Waals surface area (Å²) in [5, 5.41) is 0.576. The zero-order chi connectivity index (χ0) is 14.4. The van der Waals surface area contributed by atoms with Crippen molar-refractivity contribution in [2.24, 2.45) is 0 Å². The van der Waals surface area contributed by atoms with Crippen LogP contribution in [0.3, 0.4) is 0 Å². The topological polar surface area (TPSA) is 43.1 Å². The van der Waals surface area contributed by atoms with Gasteiger partial charge in [0.25, 0.3) is 0 Å². The minimum absolute atomic E-state index is 0.513. The lowest BCUT2D eigenvalue weighted by molar-refractivity contribution is 0.677. The summed E-state index contributed by atoms with van der Waals surface area (Å²) in [6.07, 6.45) is 2.97. The van der Waals surface area contributed by atoms with Crippen LogP contribution in [0.25, 0.3) is 0 Å². The second-order valence-electron chi connectivity index (χ2n) is 4.67. The molecule has 2 nitrogen and oxygen atoms in total. The summed E-state index contributed by atoms with van der Waals surface area (Å²) in [4.78, 5) is 0.689. The standard InChI is InChI=1S/C16H18ClNOS/c17-14-9-10-16(15(18)12-14)20(19)11-5-4-8-13-6-2-1-3-7-13/h1-3,6-7,9-10,12H,4-5,8,11,18H2. The molecule has 0 aromatic heterocycles. The molecule has 0 spiro atoms. The number of hydrogen-bond donors (Lipinski definition) is 1. The van der Waals surface area contributed by atoms with E-state index < -0.39 is 10.8 Å². The van der Waals surface area contributed by atoms with E-state index >= 15 is 0 Å². The number of halogens is 1. The van der Waals surface area contributed by atoms with Gasteiger partial charge in [0.1, 0.15) is 0 Å². The molecule has 1 atom stereocenters. The molecule has 0 fully saturated rings. The Labute approximate surface area is 127 Å². The van der Waals surface area contributed by atoms with Crippen molar-refractivity contribution in [2.75, 3.05) is 11.5 Å². The summed E-state index contributed by atoms with van der Waals surface area (Å²) in [5.41, 5.74) is 7.68. The van der Waals surface area contributed by atoms with Gasteiger partial charge in [-0.1, -0.05) is 41.9 Å². The third-order valence-electron chi connectivity index (χ3n) is 3.11. The molecule has 0 amide bonds. The SMILES string of the molecule is Nc1cc(Cl)ccc1S(=O)CCCCc1ccccc1. The van der Waals surface area contributed by atoms with Gasteiger partial charge in [0.05, 0.1) is 15.7 Å². The summed E-state index contributed by atoms with van der Waals surface area (Å²) in [6, 6.07) is 15.5. The number of aryl methyl sites for hydroxylation is 1. The van der Waals surface area contributed by atoms with Crippen LogP contribution < -0.4 is 5.73 Å². The smallest absolute Gasteiger partial charge is 0.0618 e. The fourth-order valence-corrected chi connectivity index (χ4v) is 3.45. The number of anilines is 1. The Morgan fingerprint density at radius 2 is 1.80 bits per heavy atom. The molecule has 0 bridgehead atoms. The van der Waals surface area contributed by atoms with E-state index in [-0.39, 0.29) is 0 Å². The van der Waals surface area contributed by atoms with Gasteiger partial charge in [0.2, 0.25) is 0 Å². The number of unbranched alkanes of at least 4 members (excludes halogenated alkanes) is 1. The lowest BCUT2D eigenvalue weighted by Crippen LogP contribution is -2.02. The molecule has 0 saturated carbocycles. The Hall–Kier alpha value is -1.32. The lowest BCUT2D eigenvalue weighted by atomic mass is 10.1. The number of benzene rings is 2. The minimum atomic E-state index is -1.04. The molecule has 0 radical (unpaired) electrons. The van der Waals surface area contributed by atoms with Crippen molar-refractivity contribution in [1.29, 1.82) is 0 Å². The Morgan fingerprint density at radius 1 is 1.05 bits per heavy atom. The van der Waals surface area contributed by atoms with Crippen molar-refractivity contribution < 1.29 is 4.21 Å². The van der Waals surface area contributed by atoms with E-state index in [0.29, 0.717) is 21.4 Å². The maximum atomic E-state index is 12.2. The molecule has 2 aromatic carbocycles. The highest BCUT2D eigenvalue weighted by molar-refractivity contribution is 7.85. The first-order valence-electron chi connectivity index (χ1n) is 6.64. The largest absolute Gasteiger partial charge is 0.398 e. The van der Waals surface area contributed by atoms with Crippen molar-refractivity contribution in [3.63, 3.8) is 0 Å². The Morgan fingerprint density at radius 3 is 2.50 bits per heavy atom. The van der Waals surface area contributed by atoms with Crippen LogP contribution in [-0.2, 0) is 17.2 Å². The van der Waals surface area contributed by atoms with Crippen LogP contribution in [0.5, 0.6) is 0 Å². The van der Waals surface area contributed by atoms with E-state index in [1.807, 2.05) is 18.2 Å². The molecule has 0 aliphatic carbocycles. The van der Waals surface area contributed by atoms with Crippen molar-refractivity contribution in [3.8, 4) is 0 Å². The first-order chi connectivity index (χ1) is 9.66. The van der Waals surface area contributed by atoms with Crippen LogP contribution in [0.2, 0.25) is 5.02 Å². The number of rotatable bonds is 6. The fraction of sp³-hybridized carbons (Fsp3) is 0.250. The second kappa shape index (κ2) is 7.46. The van der Waals surface area contributed by atoms with Gasteiger partial charge in [-0.25, -0.2) is 0 Å². The highest BCUT2D eigenvalue weighted by atomic mass is 35.5. The van der Waals surface area contributed by atoms with Gasteiger partial charge in [0, 0.05) is 16.5 Å². The summed E-state index contributed by atoms with van der Waals surface area (Å²) >= 11 is 5.84. The third kappa shape index (κ3) is 4.36. The molecule has 20 heavy (non-hydrogen) atoms. The van der Waals surface area contributed by atoms with E-state index in [1.54, 1.807) is 18.2 Å². The summed E-state index contributed by atoms with van der Waals surface area (Å²) in [6.45, 7) is 0. The normalized spacial score (nSPS) is 12.2. The molecule has 4 heteroatoms. The van der Waals surface area contributed by atoms with Crippen molar-refractivity contribution >= 4 is 28.1 Å². The van der Waals surface area contributed by atoms with E-state index in [0.717, 1.165) is 19.3 Å². The van der Waals surface area contributed by atoms with E-state index in [4.69, 9.17) is 17.3 Å². The highest BCUT2D eigenvalue weighted by Gasteiger charge is 2.08. The molecule has 0 aliphatic heterocycles. The lowest BCUT2D eigenvalue weighted by Gasteiger charge is -2.06. The van der Waals surface area contributed by atoms with Crippen LogP contribution in [-0.4, -0.2) is 9.96 Å². The average Bonchev–Trinajstić information content (AvgIpc) is 2.44. The van der Waals surface area contributed by atoms with Gasteiger partial charge in [-0.15, -0.1) is 0 Å². The zero-order valence-electron chi connectivity index (χ0n) is 11.2.